The molecule has 0 N–H and O–H groups in total. The van der Waals surface area contributed by atoms with Gasteiger partial charge in [0.05, 0.1) is 19.8 Å². The minimum absolute atomic E-state index is 0.275. The SMILES string of the molecule is CCCOC(=NC(C)CC)OC. The van der Waals surface area contributed by atoms with Gasteiger partial charge in [0.15, 0.2) is 0 Å². The molecule has 0 fully saturated rings. The summed E-state index contributed by atoms with van der Waals surface area (Å²) >= 11 is 0. The number of nitrogens with zero attached hydrogens (tertiary/aromatic N) is 1. The lowest BCUT2D eigenvalue weighted by Gasteiger charge is -2.08. The van der Waals surface area contributed by atoms with E-state index < -0.39 is 0 Å². The topological polar surface area (TPSA) is 30.8 Å². The fourth-order valence-electron chi connectivity index (χ4n) is 0.610. The smallest absolute Gasteiger partial charge is 0.383 e. The lowest BCUT2D eigenvalue weighted by Crippen LogP contribution is -2.11. The standard InChI is InChI=1S/C9H19NO2/c1-5-7-12-9(11-4)10-8(3)6-2/h8H,5-7H2,1-4H3. The van der Waals surface area contributed by atoms with Crippen molar-refractivity contribution in [2.75, 3.05) is 13.7 Å². The van der Waals surface area contributed by atoms with Crippen molar-refractivity contribution < 1.29 is 9.47 Å². The van der Waals surface area contributed by atoms with E-state index in [1.807, 2.05) is 6.92 Å². The maximum Gasteiger partial charge on any atom is 0.383 e. The average Bonchev–Trinajstić information content (AvgIpc) is 2.11. The van der Waals surface area contributed by atoms with Gasteiger partial charge in [0.1, 0.15) is 0 Å². The summed E-state index contributed by atoms with van der Waals surface area (Å²) in [5.41, 5.74) is 0. The van der Waals surface area contributed by atoms with Crippen LogP contribution in [0.5, 0.6) is 0 Å². The Bertz CT molecular complexity index is 134. The molecule has 0 bridgehead atoms. The second-order valence-corrected chi connectivity index (χ2v) is 2.70. The minimum atomic E-state index is 0.275. The van der Waals surface area contributed by atoms with Crippen molar-refractivity contribution in [3.63, 3.8) is 0 Å². The van der Waals surface area contributed by atoms with Crippen molar-refractivity contribution in [2.45, 2.75) is 39.7 Å². The molecule has 0 saturated carbocycles. The van der Waals surface area contributed by atoms with Gasteiger partial charge in [-0.1, -0.05) is 13.8 Å². The van der Waals surface area contributed by atoms with E-state index in [2.05, 4.69) is 18.8 Å². The zero-order valence-electron chi connectivity index (χ0n) is 8.46. The molecule has 12 heavy (non-hydrogen) atoms. The normalized spacial score (nSPS) is 14.2. The van der Waals surface area contributed by atoms with Crippen molar-refractivity contribution in [3.05, 3.63) is 0 Å². The van der Waals surface area contributed by atoms with Crippen LogP contribution < -0.4 is 0 Å². The third kappa shape index (κ3) is 4.99. The Morgan fingerprint density at radius 3 is 2.50 bits per heavy atom. The van der Waals surface area contributed by atoms with E-state index in [0.717, 1.165) is 12.8 Å². The molecule has 0 aliphatic rings. The number of hydrogen-bond acceptors (Lipinski definition) is 3. The third-order valence-corrected chi connectivity index (χ3v) is 1.52. The molecule has 0 rings (SSSR count). The molecule has 0 aromatic rings. The molecule has 72 valence electrons. The Hall–Kier alpha value is -0.730. The molecule has 0 heterocycles. The van der Waals surface area contributed by atoms with Crippen LogP contribution in [0.15, 0.2) is 4.99 Å². The van der Waals surface area contributed by atoms with Crippen molar-refractivity contribution in [1.82, 2.24) is 0 Å². The molecular formula is C9H19NO2. The van der Waals surface area contributed by atoms with Crippen molar-refractivity contribution in [1.29, 1.82) is 0 Å². The first-order valence-electron chi connectivity index (χ1n) is 4.49. The van der Waals surface area contributed by atoms with Gasteiger partial charge in [-0.3, -0.25) is 0 Å². The van der Waals surface area contributed by atoms with Crippen LogP contribution in [-0.4, -0.2) is 25.8 Å². The van der Waals surface area contributed by atoms with E-state index in [1.165, 1.54) is 0 Å². The molecule has 1 unspecified atom stereocenters. The molecule has 1 atom stereocenters. The summed E-state index contributed by atoms with van der Waals surface area (Å²) in [6.07, 6.45) is 2.39. The zero-order valence-corrected chi connectivity index (χ0v) is 8.46. The van der Waals surface area contributed by atoms with E-state index in [1.54, 1.807) is 7.11 Å². The van der Waals surface area contributed by atoms with E-state index >= 15 is 0 Å². The van der Waals surface area contributed by atoms with Crippen LogP contribution >= 0.6 is 0 Å². The number of aliphatic imine (C=N–C) groups is 1. The van der Waals surface area contributed by atoms with Crippen LogP contribution in [0.1, 0.15) is 33.6 Å². The molecule has 0 saturated heterocycles. The first-order valence-corrected chi connectivity index (χ1v) is 4.49. The Labute approximate surface area is 74.8 Å². The van der Waals surface area contributed by atoms with Gasteiger partial charge in [-0.15, -0.1) is 0 Å². The van der Waals surface area contributed by atoms with Crippen LogP contribution in [0.4, 0.5) is 0 Å². The highest BCUT2D eigenvalue weighted by Gasteiger charge is 2.01. The quantitative estimate of drug-likeness (QED) is 0.482. The van der Waals surface area contributed by atoms with E-state index in [4.69, 9.17) is 9.47 Å². The molecule has 0 spiro atoms. The molecule has 0 aliphatic heterocycles. The predicted octanol–water partition coefficient (Wildman–Crippen LogP) is 2.21. The van der Waals surface area contributed by atoms with E-state index in [0.29, 0.717) is 12.7 Å². The molecule has 0 aliphatic carbocycles. The minimum Gasteiger partial charge on any atom is -0.454 e. The molecule has 0 aromatic carbocycles. The molecule has 0 amide bonds. The summed E-state index contributed by atoms with van der Waals surface area (Å²) in [4.78, 5) is 4.22. The van der Waals surface area contributed by atoms with Gasteiger partial charge in [-0.25, -0.2) is 4.99 Å². The van der Waals surface area contributed by atoms with Crippen LogP contribution in [0.3, 0.4) is 0 Å². The number of rotatable bonds is 4. The molecule has 3 nitrogen and oxygen atoms in total. The number of hydrogen-bond donors (Lipinski definition) is 0. The van der Waals surface area contributed by atoms with Crippen LogP contribution in [-0.2, 0) is 9.47 Å². The second kappa shape index (κ2) is 6.95. The van der Waals surface area contributed by atoms with Gasteiger partial charge < -0.3 is 9.47 Å². The first kappa shape index (κ1) is 11.3. The molecule has 0 aromatic heterocycles. The summed E-state index contributed by atoms with van der Waals surface area (Å²) in [5, 5.41) is 0. The first-order chi connectivity index (χ1) is 5.74. The van der Waals surface area contributed by atoms with Crippen molar-refractivity contribution in [2.24, 2.45) is 4.99 Å². The molecule has 0 radical (unpaired) electrons. The fraction of sp³-hybridized carbons (Fsp3) is 0.889. The molecular weight excluding hydrogens is 154 g/mol. The highest BCUT2D eigenvalue weighted by molar-refractivity contribution is 5.66. The Kier molecular flexibility index (Phi) is 6.53. The van der Waals surface area contributed by atoms with Gasteiger partial charge in [-0.2, -0.15) is 0 Å². The Balaban J connectivity index is 3.85. The van der Waals surface area contributed by atoms with Crippen LogP contribution in [0.25, 0.3) is 0 Å². The lowest BCUT2D eigenvalue weighted by atomic mass is 10.3. The van der Waals surface area contributed by atoms with Gasteiger partial charge in [-0.05, 0) is 19.8 Å². The second-order valence-electron chi connectivity index (χ2n) is 2.70. The Morgan fingerprint density at radius 2 is 2.08 bits per heavy atom. The third-order valence-electron chi connectivity index (χ3n) is 1.52. The van der Waals surface area contributed by atoms with Gasteiger partial charge in [0.25, 0.3) is 0 Å². The number of methoxy groups -OCH3 is 1. The highest BCUT2D eigenvalue weighted by Crippen LogP contribution is 1.97. The maximum absolute atomic E-state index is 5.24. The summed E-state index contributed by atoms with van der Waals surface area (Å²) in [7, 11) is 1.58. The van der Waals surface area contributed by atoms with Crippen LogP contribution in [0, 0.1) is 0 Å². The highest BCUT2D eigenvalue weighted by atomic mass is 16.7. The van der Waals surface area contributed by atoms with E-state index in [-0.39, 0.29) is 6.04 Å². The Morgan fingerprint density at radius 1 is 1.42 bits per heavy atom. The summed E-state index contributed by atoms with van der Waals surface area (Å²) in [5.74, 6) is 0. The van der Waals surface area contributed by atoms with Gasteiger partial charge in [0, 0.05) is 0 Å². The van der Waals surface area contributed by atoms with E-state index in [9.17, 15) is 0 Å². The fourth-order valence-corrected chi connectivity index (χ4v) is 0.610. The van der Waals surface area contributed by atoms with Gasteiger partial charge in [0.2, 0.25) is 0 Å². The van der Waals surface area contributed by atoms with Crippen molar-refractivity contribution >= 4 is 6.08 Å². The predicted molar refractivity (Wildman–Crippen MR) is 50.4 cm³/mol. The zero-order chi connectivity index (χ0) is 9.40. The average molecular weight is 173 g/mol. The summed E-state index contributed by atoms with van der Waals surface area (Å²) < 4.78 is 10.2. The summed E-state index contributed by atoms with van der Waals surface area (Å²) in [6, 6.07) is 0.275. The molecule has 3 heteroatoms. The lowest BCUT2D eigenvalue weighted by molar-refractivity contribution is 0.194. The van der Waals surface area contributed by atoms with Gasteiger partial charge >= 0.3 is 6.08 Å². The van der Waals surface area contributed by atoms with Crippen molar-refractivity contribution in [3.8, 4) is 0 Å². The van der Waals surface area contributed by atoms with Crippen LogP contribution in [0.2, 0.25) is 0 Å². The monoisotopic (exact) mass is 173 g/mol. The maximum atomic E-state index is 5.24. The number of ether oxygens (including phenoxy) is 2. The summed E-state index contributed by atoms with van der Waals surface area (Å²) in [6.45, 7) is 6.84. The largest absolute Gasteiger partial charge is 0.454 e.